The summed E-state index contributed by atoms with van der Waals surface area (Å²) in [4.78, 5) is 10.3. The number of anilines is 1. The van der Waals surface area contributed by atoms with Crippen molar-refractivity contribution in [1.29, 1.82) is 0 Å². The highest BCUT2D eigenvalue weighted by molar-refractivity contribution is 9.10. The lowest BCUT2D eigenvalue weighted by molar-refractivity contribution is -0.385. The molecule has 1 atom stereocenters. The number of hydrogen-bond donors (Lipinski definition) is 1. The first-order valence-corrected chi connectivity index (χ1v) is 5.58. The van der Waals surface area contributed by atoms with Gasteiger partial charge in [0.1, 0.15) is 0 Å². The lowest BCUT2D eigenvalue weighted by Crippen LogP contribution is -2.12. The molecule has 0 saturated carbocycles. The van der Waals surface area contributed by atoms with Crippen molar-refractivity contribution in [2.45, 2.75) is 19.9 Å². The Bertz CT molecular complexity index is 432. The Morgan fingerprint density at radius 1 is 1.62 bits per heavy atom. The fourth-order valence-corrected chi connectivity index (χ4v) is 1.73. The van der Waals surface area contributed by atoms with Gasteiger partial charge in [-0.3, -0.25) is 10.1 Å². The van der Waals surface area contributed by atoms with E-state index in [9.17, 15) is 10.1 Å². The monoisotopic (exact) mass is 284 g/mol. The van der Waals surface area contributed by atoms with E-state index in [1.165, 1.54) is 6.07 Å². The fraction of sp³-hybridized carbons (Fsp3) is 0.273. The Kier molecular flexibility index (Phi) is 4.06. The van der Waals surface area contributed by atoms with Gasteiger partial charge in [0.15, 0.2) is 0 Å². The number of halogens is 1. The van der Waals surface area contributed by atoms with Crippen molar-refractivity contribution in [2.75, 3.05) is 5.32 Å². The van der Waals surface area contributed by atoms with Crippen molar-refractivity contribution in [1.82, 2.24) is 0 Å². The van der Waals surface area contributed by atoms with Gasteiger partial charge in [0.05, 0.1) is 4.92 Å². The Labute approximate surface area is 103 Å². The van der Waals surface area contributed by atoms with Crippen molar-refractivity contribution >= 4 is 27.3 Å². The zero-order valence-corrected chi connectivity index (χ0v) is 10.7. The highest BCUT2D eigenvalue weighted by Crippen LogP contribution is 2.30. The molecule has 0 radical (unpaired) electrons. The van der Waals surface area contributed by atoms with Gasteiger partial charge in [-0.15, -0.1) is 6.58 Å². The van der Waals surface area contributed by atoms with E-state index in [1.54, 1.807) is 19.1 Å². The molecule has 0 bridgehead atoms. The van der Waals surface area contributed by atoms with Crippen LogP contribution in [0.3, 0.4) is 0 Å². The molecule has 0 aliphatic rings. The number of aryl methyl sites for hydroxylation is 1. The molecule has 0 amide bonds. The standard InChI is InChI=1S/C11H13BrN2O2/c1-4-8(3)13-10-5-7(2)11(14(15)16)6-9(10)12/h4-6,8,13H,1H2,2-3H3. The van der Waals surface area contributed by atoms with Crippen molar-refractivity contribution in [2.24, 2.45) is 0 Å². The number of nitrogens with zero attached hydrogens (tertiary/aromatic N) is 1. The maximum atomic E-state index is 10.7. The van der Waals surface area contributed by atoms with Gasteiger partial charge in [-0.25, -0.2) is 0 Å². The number of rotatable bonds is 4. The Morgan fingerprint density at radius 2 is 2.25 bits per heavy atom. The average molecular weight is 285 g/mol. The molecule has 0 heterocycles. The van der Waals surface area contributed by atoms with Crippen LogP contribution in [-0.2, 0) is 0 Å². The van der Waals surface area contributed by atoms with Gasteiger partial charge in [0, 0.05) is 27.8 Å². The number of benzene rings is 1. The molecule has 0 aliphatic heterocycles. The van der Waals surface area contributed by atoms with Crippen LogP contribution in [0.4, 0.5) is 11.4 Å². The van der Waals surface area contributed by atoms with Crippen LogP contribution >= 0.6 is 15.9 Å². The van der Waals surface area contributed by atoms with Crippen LogP contribution in [0.5, 0.6) is 0 Å². The molecule has 0 fully saturated rings. The van der Waals surface area contributed by atoms with Crippen LogP contribution < -0.4 is 5.32 Å². The molecule has 1 unspecified atom stereocenters. The molecule has 0 saturated heterocycles. The normalized spacial score (nSPS) is 11.9. The van der Waals surface area contributed by atoms with Crippen molar-refractivity contribution in [3.8, 4) is 0 Å². The van der Waals surface area contributed by atoms with E-state index < -0.39 is 0 Å². The van der Waals surface area contributed by atoms with Crippen molar-refractivity contribution < 1.29 is 4.92 Å². The summed E-state index contributed by atoms with van der Waals surface area (Å²) < 4.78 is 0.679. The van der Waals surface area contributed by atoms with E-state index in [1.807, 2.05) is 6.92 Å². The fourth-order valence-electron chi connectivity index (χ4n) is 1.28. The van der Waals surface area contributed by atoms with E-state index in [-0.39, 0.29) is 16.7 Å². The zero-order chi connectivity index (χ0) is 12.3. The Balaban J connectivity index is 3.10. The van der Waals surface area contributed by atoms with Crippen LogP contribution in [0.25, 0.3) is 0 Å². The van der Waals surface area contributed by atoms with Crippen LogP contribution in [0, 0.1) is 17.0 Å². The number of hydrogen-bond acceptors (Lipinski definition) is 3. The molecule has 5 heteroatoms. The maximum Gasteiger partial charge on any atom is 0.273 e. The highest BCUT2D eigenvalue weighted by atomic mass is 79.9. The maximum absolute atomic E-state index is 10.7. The quantitative estimate of drug-likeness (QED) is 0.522. The minimum Gasteiger partial charge on any atom is -0.378 e. The summed E-state index contributed by atoms with van der Waals surface area (Å²) in [6, 6.07) is 3.37. The second-order valence-corrected chi connectivity index (χ2v) is 4.40. The smallest absolute Gasteiger partial charge is 0.273 e. The van der Waals surface area contributed by atoms with Gasteiger partial charge in [-0.1, -0.05) is 6.08 Å². The third kappa shape index (κ3) is 2.82. The van der Waals surface area contributed by atoms with Gasteiger partial charge in [0.25, 0.3) is 5.69 Å². The summed E-state index contributed by atoms with van der Waals surface area (Å²) in [5, 5.41) is 13.9. The topological polar surface area (TPSA) is 55.2 Å². The van der Waals surface area contributed by atoms with Gasteiger partial charge in [0.2, 0.25) is 0 Å². The van der Waals surface area contributed by atoms with Crippen LogP contribution in [-0.4, -0.2) is 11.0 Å². The van der Waals surface area contributed by atoms with Crippen LogP contribution in [0.15, 0.2) is 29.3 Å². The number of nitro benzene ring substituents is 1. The summed E-state index contributed by atoms with van der Waals surface area (Å²) in [5.74, 6) is 0. The minimum atomic E-state index is -0.388. The minimum absolute atomic E-state index is 0.108. The number of nitro groups is 1. The third-order valence-corrected chi connectivity index (χ3v) is 2.88. The molecular weight excluding hydrogens is 272 g/mol. The summed E-state index contributed by atoms with van der Waals surface area (Å²) in [6.07, 6.45) is 1.77. The van der Waals surface area contributed by atoms with E-state index in [0.717, 1.165) is 5.69 Å². The van der Waals surface area contributed by atoms with Gasteiger partial charge in [-0.05, 0) is 35.8 Å². The molecular formula is C11H13BrN2O2. The molecule has 86 valence electrons. The Hall–Kier alpha value is -1.36. The van der Waals surface area contributed by atoms with Crippen LogP contribution in [0.2, 0.25) is 0 Å². The summed E-state index contributed by atoms with van der Waals surface area (Å²) >= 11 is 3.31. The van der Waals surface area contributed by atoms with E-state index in [0.29, 0.717) is 10.0 Å². The van der Waals surface area contributed by atoms with Crippen LogP contribution in [0.1, 0.15) is 12.5 Å². The highest BCUT2D eigenvalue weighted by Gasteiger charge is 2.14. The predicted molar refractivity (Wildman–Crippen MR) is 68.8 cm³/mol. The van der Waals surface area contributed by atoms with E-state index in [2.05, 4.69) is 27.8 Å². The Morgan fingerprint density at radius 3 is 2.75 bits per heavy atom. The summed E-state index contributed by atoms with van der Waals surface area (Å²) in [6.45, 7) is 7.34. The lowest BCUT2D eigenvalue weighted by Gasteiger charge is -2.13. The lowest BCUT2D eigenvalue weighted by atomic mass is 10.1. The zero-order valence-electron chi connectivity index (χ0n) is 9.16. The molecule has 1 rings (SSSR count). The molecule has 0 aromatic heterocycles. The summed E-state index contributed by atoms with van der Waals surface area (Å²) in [5.41, 5.74) is 1.58. The molecule has 1 aromatic rings. The second-order valence-electron chi connectivity index (χ2n) is 3.54. The first kappa shape index (κ1) is 12.7. The predicted octanol–water partition coefficient (Wildman–Crippen LogP) is 3.65. The molecule has 4 nitrogen and oxygen atoms in total. The average Bonchev–Trinajstić information content (AvgIpc) is 2.22. The van der Waals surface area contributed by atoms with Gasteiger partial charge < -0.3 is 5.32 Å². The van der Waals surface area contributed by atoms with Crippen molar-refractivity contribution in [3.05, 3.63) is 44.9 Å². The van der Waals surface area contributed by atoms with Gasteiger partial charge >= 0.3 is 0 Å². The molecule has 16 heavy (non-hydrogen) atoms. The SMILES string of the molecule is C=CC(C)Nc1cc(C)c([N+](=O)[O-])cc1Br. The van der Waals surface area contributed by atoms with E-state index in [4.69, 9.17) is 0 Å². The van der Waals surface area contributed by atoms with Gasteiger partial charge in [-0.2, -0.15) is 0 Å². The third-order valence-electron chi connectivity index (χ3n) is 2.22. The first-order chi connectivity index (χ1) is 7.45. The molecule has 0 aliphatic carbocycles. The van der Waals surface area contributed by atoms with E-state index >= 15 is 0 Å². The second kappa shape index (κ2) is 5.12. The summed E-state index contributed by atoms with van der Waals surface area (Å²) in [7, 11) is 0. The largest absolute Gasteiger partial charge is 0.378 e. The number of nitrogens with one attached hydrogen (secondary N) is 1. The van der Waals surface area contributed by atoms with Crippen molar-refractivity contribution in [3.63, 3.8) is 0 Å². The molecule has 1 N–H and O–H groups in total. The first-order valence-electron chi connectivity index (χ1n) is 4.79. The molecule has 0 spiro atoms. The molecule has 1 aromatic carbocycles.